The molecule has 2 unspecified atom stereocenters. The summed E-state index contributed by atoms with van der Waals surface area (Å²) in [7, 11) is 0. The molecule has 2 atom stereocenters. The van der Waals surface area contributed by atoms with Gasteiger partial charge in [0.05, 0.1) is 11.9 Å². The standard InChI is InChI=1S/C15H25N3.C11H14N4O.2C2H6/c1-5-6-14-13(4)16-8-7-15(14)18-9-11(2)17-12(3)10-18;1-3-4-11(16)13-9-5-6-10-12-8(2)14-15(10)7-9;2*1-2/h7-8,11-12,17H,5-6,9-10H2,1-4H3;5-7H,3-4H2,1-2H3,(H,13,16);2*1-2H3. The Morgan fingerprint density at radius 1 is 1.03 bits per heavy atom. The fourth-order valence-corrected chi connectivity index (χ4v) is 4.48. The molecule has 0 radical (unpaired) electrons. The van der Waals surface area contributed by atoms with Gasteiger partial charge in [0.15, 0.2) is 5.65 Å². The molecule has 1 amide bonds. The summed E-state index contributed by atoms with van der Waals surface area (Å²) in [6, 6.07) is 6.95. The number of carbonyl (C=O) groups is 1. The van der Waals surface area contributed by atoms with Crippen LogP contribution in [0.5, 0.6) is 0 Å². The molecule has 0 aliphatic carbocycles. The van der Waals surface area contributed by atoms with Crippen LogP contribution in [0.4, 0.5) is 11.4 Å². The fourth-order valence-electron chi connectivity index (χ4n) is 4.48. The number of amides is 1. The maximum Gasteiger partial charge on any atom is 0.224 e. The van der Waals surface area contributed by atoms with Gasteiger partial charge in [0, 0.05) is 49.2 Å². The van der Waals surface area contributed by atoms with Crippen LogP contribution in [0.1, 0.15) is 91.7 Å². The lowest BCUT2D eigenvalue weighted by Gasteiger charge is -2.38. The van der Waals surface area contributed by atoms with Crippen molar-refractivity contribution < 1.29 is 4.79 Å². The van der Waals surface area contributed by atoms with E-state index in [4.69, 9.17) is 0 Å². The third kappa shape index (κ3) is 10.0. The molecule has 1 fully saturated rings. The molecule has 3 aromatic rings. The summed E-state index contributed by atoms with van der Waals surface area (Å²) in [6.45, 7) is 22.9. The second-order valence-electron chi connectivity index (χ2n) is 9.20. The number of hydrogen-bond donors (Lipinski definition) is 2. The first-order chi connectivity index (χ1) is 18.3. The van der Waals surface area contributed by atoms with Crippen LogP contribution < -0.4 is 15.5 Å². The van der Waals surface area contributed by atoms with E-state index in [2.05, 4.69) is 64.4 Å². The van der Waals surface area contributed by atoms with Crippen LogP contribution in [-0.4, -0.2) is 50.7 Å². The molecular formula is C30H51N7O. The van der Waals surface area contributed by atoms with E-state index in [0.717, 1.165) is 43.1 Å². The molecule has 1 aliphatic rings. The fraction of sp³-hybridized carbons (Fsp3) is 0.600. The van der Waals surface area contributed by atoms with Gasteiger partial charge >= 0.3 is 0 Å². The highest BCUT2D eigenvalue weighted by atomic mass is 16.1. The minimum atomic E-state index is 0.0266. The molecule has 3 aromatic heterocycles. The summed E-state index contributed by atoms with van der Waals surface area (Å²) in [4.78, 5) is 22.6. The van der Waals surface area contributed by atoms with Crippen LogP contribution in [0.3, 0.4) is 0 Å². The highest BCUT2D eigenvalue weighted by molar-refractivity contribution is 5.90. The van der Waals surface area contributed by atoms with Crippen molar-refractivity contribution in [3.63, 3.8) is 0 Å². The Labute approximate surface area is 230 Å². The van der Waals surface area contributed by atoms with E-state index in [1.807, 2.05) is 59.9 Å². The smallest absolute Gasteiger partial charge is 0.224 e. The molecule has 8 heteroatoms. The number of hydrogen-bond acceptors (Lipinski definition) is 6. The second-order valence-corrected chi connectivity index (χ2v) is 9.20. The molecule has 212 valence electrons. The van der Waals surface area contributed by atoms with Gasteiger partial charge < -0.3 is 15.5 Å². The van der Waals surface area contributed by atoms with Crippen molar-refractivity contribution in [1.29, 1.82) is 0 Å². The van der Waals surface area contributed by atoms with Gasteiger partial charge in [-0.1, -0.05) is 48.0 Å². The predicted octanol–water partition coefficient (Wildman–Crippen LogP) is 6.36. The zero-order valence-electron chi connectivity index (χ0n) is 25.4. The number of nitrogens with one attached hydrogen (secondary N) is 2. The van der Waals surface area contributed by atoms with Gasteiger partial charge in [-0.05, 0) is 64.3 Å². The highest BCUT2D eigenvalue weighted by Gasteiger charge is 2.23. The van der Waals surface area contributed by atoms with Gasteiger partial charge in [-0.3, -0.25) is 9.78 Å². The topological polar surface area (TPSA) is 87.5 Å². The van der Waals surface area contributed by atoms with Crippen LogP contribution in [0.25, 0.3) is 5.65 Å². The van der Waals surface area contributed by atoms with Crippen molar-refractivity contribution in [2.24, 2.45) is 0 Å². The molecule has 2 N–H and O–H groups in total. The van der Waals surface area contributed by atoms with Gasteiger partial charge in [0.25, 0.3) is 0 Å². The van der Waals surface area contributed by atoms with Gasteiger partial charge in [-0.25, -0.2) is 9.50 Å². The molecule has 0 bridgehead atoms. The molecule has 4 rings (SSSR count). The molecule has 0 saturated carbocycles. The van der Waals surface area contributed by atoms with Crippen LogP contribution in [0, 0.1) is 13.8 Å². The van der Waals surface area contributed by atoms with Crippen molar-refractivity contribution in [2.75, 3.05) is 23.3 Å². The minimum absolute atomic E-state index is 0.0266. The van der Waals surface area contributed by atoms with Crippen LogP contribution >= 0.6 is 0 Å². The van der Waals surface area contributed by atoms with E-state index in [1.54, 1.807) is 10.7 Å². The summed E-state index contributed by atoms with van der Waals surface area (Å²) < 4.78 is 1.66. The Bertz CT molecular complexity index is 1090. The second kappa shape index (κ2) is 17.5. The Morgan fingerprint density at radius 2 is 1.68 bits per heavy atom. The first kappa shape index (κ1) is 33.0. The number of rotatable bonds is 6. The predicted molar refractivity (Wildman–Crippen MR) is 161 cm³/mol. The molecular weight excluding hydrogens is 474 g/mol. The van der Waals surface area contributed by atoms with Gasteiger partial charge in [-0.2, -0.15) is 5.10 Å². The summed E-state index contributed by atoms with van der Waals surface area (Å²) in [5.41, 5.74) is 5.54. The largest absolute Gasteiger partial charge is 0.368 e. The summed E-state index contributed by atoms with van der Waals surface area (Å²) >= 11 is 0. The van der Waals surface area contributed by atoms with Gasteiger partial charge in [-0.15, -0.1) is 0 Å². The lowest BCUT2D eigenvalue weighted by Crippen LogP contribution is -2.54. The third-order valence-corrected chi connectivity index (χ3v) is 5.84. The van der Waals surface area contributed by atoms with Crippen LogP contribution in [0.2, 0.25) is 0 Å². The molecule has 0 spiro atoms. The quantitative estimate of drug-likeness (QED) is 0.389. The number of carbonyl (C=O) groups excluding carboxylic acids is 1. The van der Waals surface area contributed by atoms with Crippen LogP contribution in [-0.2, 0) is 11.2 Å². The Morgan fingerprint density at radius 3 is 2.29 bits per heavy atom. The first-order valence-electron chi connectivity index (χ1n) is 14.4. The van der Waals surface area contributed by atoms with Crippen molar-refractivity contribution in [2.45, 2.75) is 107 Å². The maximum absolute atomic E-state index is 11.4. The summed E-state index contributed by atoms with van der Waals surface area (Å²) in [5, 5.41) is 10.6. The zero-order chi connectivity index (χ0) is 28.7. The van der Waals surface area contributed by atoms with Crippen molar-refractivity contribution in [3.8, 4) is 0 Å². The molecule has 38 heavy (non-hydrogen) atoms. The van der Waals surface area contributed by atoms with E-state index in [1.165, 1.54) is 23.4 Å². The number of fused-ring (bicyclic) bond motifs is 1. The van der Waals surface area contributed by atoms with E-state index in [9.17, 15) is 4.79 Å². The van der Waals surface area contributed by atoms with Crippen molar-refractivity contribution in [3.05, 3.63) is 47.7 Å². The Hall–Kier alpha value is -3.00. The van der Waals surface area contributed by atoms with Gasteiger partial charge in [0.1, 0.15) is 5.82 Å². The normalized spacial score (nSPS) is 16.3. The maximum atomic E-state index is 11.4. The van der Waals surface area contributed by atoms with Crippen molar-refractivity contribution >= 4 is 22.9 Å². The first-order valence-corrected chi connectivity index (χ1v) is 14.4. The van der Waals surface area contributed by atoms with Crippen LogP contribution in [0.15, 0.2) is 30.6 Å². The SMILES string of the molecule is CC.CC.CCCC(=O)Nc1ccc2nc(C)nn2c1.CCCc1c(N2CC(C)NC(C)C2)ccnc1C. The number of anilines is 2. The van der Waals surface area contributed by atoms with E-state index < -0.39 is 0 Å². The lowest BCUT2D eigenvalue weighted by atomic mass is 10.0. The number of piperazine rings is 1. The van der Waals surface area contributed by atoms with Gasteiger partial charge in [0.2, 0.25) is 5.91 Å². The molecule has 1 saturated heterocycles. The zero-order valence-corrected chi connectivity index (χ0v) is 25.4. The number of pyridine rings is 2. The summed E-state index contributed by atoms with van der Waals surface area (Å²) in [6.07, 6.45) is 7.40. The average molecular weight is 526 g/mol. The molecule has 4 heterocycles. The highest BCUT2D eigenvalue weighted by Crippen LogP contribution is 2.25. The van der Waals surface area contributed by atoms with E-state index in [-0.39, 0.29) is 5.91 Å². The molecule has 8 nitrogen and oxygen atoms in total. The number of aromatic nitrogens is 4. The third-order valence-electron chi connectivity index (χ3n) is 5.84. The Kier molecular flexibility index (Phi) is 15.2. The monoisotopic (exact) mass is 525 g/mol. The summed E-state index contributed by atoms with van der Waals surface area (Å²) in [5.74, 6) is 0.746. The lowest BCUT2D eigenvalue weighted by molar-refractivity contribution is -0.116. The van der Waals surface area contributed by atoms with Crippen molar-refractivity contribution in [1.82, 2.24) is 24.9 Å². The van der Waals surface area contributed by atoms with E-state index >= 15 is 0 Å². The average Bonchev–Trinajstić information content (AvgIpc) is 3.27. The minimum Gasteiger partial charge on any atom is -0.368 e. The Balaban J connectivity index is 0.000000338. The molecule has 1 aliphatic heterocycles. The molecule has 0 aromatic carbocycles. The number of aryl methyl sites for hydroxylation is 2. The van der Waals surface area contributed by atoms with E-state index in [0.29, 0.717) is 18.5 Å². The number of nitrogens with zero attached hydrogens (tertiary/aromatic N) is 5.